The third-order valence-corrected chi connectivity index (χ3v) is 4.50. The average Bonchev–Trinajstić information content (AvgIpc) is 2.38. The number of sulfonamides is 1. The average molecular weight is 311 g/mol. The number of nitrogens with one attached hydrogen (secondary N) is 1. The molecule has 3 N–H and O–H groups in total. The molecule has 116 valence electrons. The molecule has 7 heteroatoms. The smallest absolute Gasteiger partial charge is 0.238 e. The van der Waals surface area contributed by atoms with Crippen molar-refractivity contribution < 1.29 is 13.2 Å². The van der Waals surface area contributed by atoms with Crippen LogP contribution in [0.3, 0.4) is 0 Å². The van der Waals surface area contributed by atoms with E-state index in [9.17, 15) is 13.2 Å². The van der Waals surface area contributed by atoms with Gasteiger partial charge in [0.15, 0.2) is 0 Å². The van der Waals surface area contributed by atoms with Crippen LogP contribution < -0.4 is 10.5 Å². The van der Waals surface area contributed by atoms with Gasteiger partial charge < -0.3 is 5.32 Å². The number of anilines is 1. The van der Waals surface area contributed by atoms with Gasteiger partial charge in [0.25, 0.3) is 0 Å². The number of amides is 1. The second kappa shape index (κ2) is 6.55. The van der Waals surface area contributed by atoms with E-state index < -0.39 is 10.0 Å². The van der Waals surface area contributed by atoms with Gasteiger partial charge in [-0.3, -0.25) is 9.69 Å². The van der Waals surface area contributed by atoms with Gasteiger partial charge in [-0.1, -0.05) is 6.92 Å². The minimum atomic E-state index is -3.70. The van der Waals surface area contributed by atoms with Crippen molar-refractivity contribution in [3.05, 3.63) is 24.3 Å². The molecule has 0 aliphatic carbocycles. The van der Waals surface area contributed by atoms with E-state index in [0.29, 0.717) is 18.2 Å². The molecule has 1 amide bonds. The topological polar surface area (TPSA) is 92.5 Å². The monoisotopic (exact) mass is 311 g/mol. The van der Waals surface area contributed by atoms with E-state index in [2.05, 4.69) is 17.1 Å². The Bertz CT molecular complexity index is 598. The van der Waals surface area contributed by atoms with Crippen molar-refractivity contribution in [1.29, 1.82) is 0 Å². The van der Waals surface area contributed by atoms with Crippen molar-refractivity contribution in [2.45, 2.75) is 24.7 Å². The number of piperidine rings is 1. The molecule has 1 aromatic carbocycles. The van der Waals surface area contributed by atoms with Gasteiger partial charge in [-0.25, -0.2) is 13.6 Å². The molecule has 1 fully saturated rings. The molecule has 0 radical (unpaired) electrons. The van der Waals surface area contributed by atoms with Crippen LogP contribution in [0.15, 0.2) is 29.2 Å². The fraction of sp³-hybridized carbons (Fsp3) is 0.500. The summed E-state index contributed by atoms with van der Waals surface area (Å²) in [6.07, 6.45) is 2.34. The molecule has 1 unspecified atom stereocenters. The molecule has 1 saturated heterocycles. The lowest BCUT2D eigenvalue weighted by atomic mass is 10.0. The molecule has 1 aliphatic rings. The Morgan fingerprint density at radius 2 is 2.05 bits per heavy atom. The number of nitrogens with two attached hydrogens (primary N) is 1. The van der Waals surface area contributed by atoms with Gasteiger partial charge in [0.2, 0.25) is 15.9 Å². The Hall–Kier alpha value is -1.44. The highest BCUT2D eigenvalue weighted by Gasteiger charge is 2.18. The maximum atomic E-state index is 12.0. The summed E-state index contributed by atoms with van der Waals surface area (Å²) >= 11 is 0. The first-order valence-electron chi connectivity index (χ1n) is 6.99. The number of benzene rings is 1. The summed E-state index contributed by atoms with van der Waals surface area (Å²) in [4.78, 5) is 14.1. The predicted molar refractivity (Wildman–Crippen MR) is 81.3 cm³/mol. The van der Waals surface area contributed by atoms with Crippen LogP contribution in [0.4, 0.5) is 5.69 Å². The largest absolute Gasteiger partial charge is 0.325 e. The summed E-state index contributed by atoms with van der Waals surface area (Å²) in [6.45, 7) is 4.44. The molecular formula is C14H21N3O3S. The van der Waals surface area contributed by atoms with Crippen molar-refractivity contribution in [2.24, 2.45) is 11.1 Å². The van der Waals surface area contributed by atoms with Gasteiger partial charge in [0.1, 0.15) is 0 Å². The Morgan fingerprint density at radius 3 is 2.62 bits per heavy atom. The van der Waals surface area contributed by atoms with Gasteiger partial charge in [-0.2, -0.15) is 0 Å². The Morgan fingerprint density at radius 1 is 1.38 bits per heavy atom. The van der Waals surface area contributed by atoms with Gasteiger partial charge >= 0.3 is 0 Å². The van der Waals surface area contributed by atoms with Crippen LogP contribution >= 0.6 is 0 Å². The minimum absolute atomic E-state index is 0.0327. The summed E-state index contributed by atoms with van der Waals surface area (Å²) in [6, 6.07) is 5.84. The van der Waals surface area contributed by atoms with Crippen LogP contribution in [-0.2, 0) is 14.8 Å². The number of hydrogen-bond acceptors (Lipinski definition) is 4. The quantitative estimate of drug-likeness (QED) is 0.868. The van der Waals surface area contributed by atoms with Crippen molar-refractivity contribution in [1.82, 2.24) is 4.90 Å². The highest BCUT2D eigenvalue weighted by Crippen LogP contribution is 2.16. The molecule has 0 aromatic heterocycles. The van der Waals surface area contributed by atoms with Crippen molar-refractivity contribution in [2.75, 3.05) is 25.0 Å². The normalized spacial score (nSPS) is 20.2. The van der Waals surface area contributed by atoms with Crippen molar-refractivity contribution >= 4 is 21.6 Å². The van der Waals surface area contributed by atoms with E-state index in [-0.39, 0.29) is 10.8 Å². The number of nitrogens with zero attached hydrogens (tertiary/aromatic N) is 1. The summed E-state index contributed by atoms with van der Waals surface area (Å²) in [5, 5.41) is 7.79. The molecule has 1 atom stereocenters. The highest BCUT2D eigenvalue weighted by molar-refractivity contribution is 7.89. The van der Waals surface area contributed by atoms with Crippen LogP contribution in [-0.4, -0.2) is 38.9 Å². The van der Waals surface area contributed by atoms with Crippen LogP contribution in [0.5, 0.6) is 0 Å². The maximum Gasteiger partial charge on any atom is 0.238 e. The Balaban J connectivity index is 1.90. The van der Waals surface area contributed by atoms with Crippen molar-refractivity contribution in [3.8, 4) is 0 Å². The van der Waals surface area contributed by atoms with Crippen LogP contribution in [0, 0.1) is 5.92 Å². The zero-order valence-electron chi connectivity index (χ0n) is 12.1. The fourth-order valence-corrected chi connectivity index (χ4v) is 3.08. The summed E-state index contributed by atoms with van der Waals surface area (Å²) in [5.41, 5.74) is 0.567. The lowest BCUT2D eigenvalue weighted by Gasteiger charge is -2.30. The highest BCUT2D eigenvalue weighted by atomic mass is 32.2. The Labute approximate surface area is 125 Å². The lowest BCUT2D eigenvalue weighted by molar-refractivity contribution is -0.117. The first-order valence-corrected chi connectivity index (χ1v) is 8.54. The van der Waals surface area contributed by atoms with E-state index in [1.165, 1.54) is 30.7 Å². The molecule has 0 spiro atoms. The number of hydrogen-bond donors (Lipinski definition) is 2. The molecule has 1 aliphatic heterocycles. The number of primary sulfonamides is 1. The second-order valence-electron chi connectivity index (χ2n) is 5.60. The SMILES string of the molecule is CC1CCCN(CC(=O)Nc2ccc(S(N)(=O)=O)cc2)C1. The van der Waals surface area contributed by atoms with Crippen LogP contribution in [0.2, 0.25) is 0 Å². The number of likely N-dealkylation sites (tertiary alicyclic amines) is 1. The zero-order valence-corrected chi connectivity index (χ0v) is 12.9. The second-order valence-corrected chi connectivity index (χ2v) is 7.16. The molecular weight excluding hydrogens is 290 g/mol. The van der Waals surface area contributed by atoms with E-state index in [1.54, 1.807) is 0 Å². The minimum Gasteiger partial charge on any atom is -0.325 e. The number of rotatable bonds is 4. The number of carbonyl (C=O) groups is 1. The first kappa shape index (κ1) is 15.9. The van der Waals surface area contributed by atoms with E-state index in [1.807, 2.05) is 0 Å². The number of carbonyl (C=O) groups excluding carboxylic acids is 1. The van der Waals surface area contributed by atoms with E-state index >= 15 is 0 Å². The molecule has 1 heterocycles. The molecule has 2 rings (SSSR count). The summed E-state index contributed by atoms with van der Waals surface area (Å²) in [5.74, 6) is 0.535. The molecule has 21 heavy (non-hydrogen) atoms. The third kappa shape index (κ3) is 4.80. The summed E-state index contributed by atoms with van der Waals surface area (Å²) < 4.78 is 22.3. The third-order valence-electron chi connectivity index (χ3n) is 3.57. The standard InChI is InChI=1S/C14H21N3O3S/c1-11-3-2-8-17(9-11)10-14(18)16-12-4-6-13(7-5-12)21(15,19)20/h4-7,11H,2-3,8-10H2,1H3,(H,16,18)(H2,15,19,20). The maximum absolute atomic E-state index is 12.0. The first-order chi connectivity index (χ1) is 9.84. The molecule has 0 saturated carbocycles. The van der Waals surface area contributed by atoms with E-state index in [4.69, 9.17) is 5.14 Å². The Kier molecular flexibility index (Phi) is 4.97. The molecule has 1 aromatic rings. The van der Waals surface area contributed by atoms with Gasteiger partial charge in [0.05, 0.1) is 11.4 Å². The molecule has 6 nitrogen and oxygen atoms in total. The summed E-state index contributed by atoms with van der Waals surface area (Å²) in [7, 11) is -3.70. The van der Waals surface area contributed by atoms with Gasteiger partial charge in [-0.15, -0.1) is 0 Å². The van der Waals surface area contributed by atoms with E-state index in [0.717, 1.165) is 19.5 Å². The fourth-order valence-electron chi connectivity index (χ4n) is 2.56. The van der Waals surface area contributed by atoms with Gasteiger partial charge in [-0.05, 0) is 49.6 Å². The van der Waals surface area contributed by atoms with Gasteiger partial charge in [0, 0.05) is 12.2 Å². The molecule has 0 bridgehead atoms. The van der Waals surface area contributed by atoms with Crippen LogP contribution in [0.25, 0.3) is 0 Å². The predicted octanol–water partition coefficient (Wildman–Crippen LogP) is 1.00. The lowest BCUT2D eigenvalue weighted by Crippen LogP contribution is -2.39. The zero-order chi connectivity index (χ0) is 15.5. The van der Waals surface area contributed by atoms with Crippen molar-refractivity contribution in [3.63, 3.8) is 0 Å². The van der Waals surface area contributed by atoms with Crippen LogP contribution in [0.1, 0.15) is 19.8 Å².